The summed E-state index contributed by atoms with van der Waals surface area (Å²) in [5.74, 6) is 0.952. The number of carbonyl (C=O) groups excluding carboxylic acids is 1. The molecule has 0 aliphatic carbocycles. The molecular formula is C28H35FN4O2S. The number of para-hydroxylation sites is 2. The average Bonchev–Trinajstić information content (AvgIpc) is 3.32. The van der Waals surface area contributed by atoms with E-state index in [1.165, 1.54) is 30.5 Å². The number of aromatic nitrogens is 2. The Morgan fingerprint density at radius 3 is 2.61 bits per heavy atom. The lowest BCUT2D eigenvalue weighted by Gasteiger charge is -2.40. The molecule has 2 aliphatic rings. The Hall–Kier alpha value is -2.58. The number of hydrogen-bond acceptors (Lipinski definition) is 4. The molecule has 2 saturated heterocycles. The number of hydrogen-bond donors (Lipinski definition) is 1. The van der Waals surface area contributed by atoms with Crippen LogP contribution in [0.15, 0.2) is 48.5 Å². The summed E-state index contributed by atoms with van der Waals surface area (Å²) in [6, 6.07) is 15.9. The molecule has 1 N–H and O–H groups in total. The highest BCUT2D eigenvalue weighted by atomic mass is 32.2. The van der Waals surface area contributed by atoms with E-state index in [4.69, 9.17) is 4.98 Å². The summed E-state index contributed by atoms with van der Waals surface area (Å²) in [5, 5.41) is 3.04. The summed E-state index contributed by atoms with van der Waals surface area (Å²) >= 11 is 0. The third-order valence-electron chi connectivity index (χ3n) is 7.87. The van der Waals surface area contributed by atoms with Crippen molar-refractivity contribution >= 4 is 27.7 Å². The van der Waals surface area contributed by atoms with Gasteiger partial charge in [0, 0.05) is 41.2 Å². The number of imidazole rings is 1. The fourth-order valence-electron chi connectivity index (χ4n) is 6.26. The van der Waals surface area contributed by atoms with E-state index < -0.39 is 10.8 Å². The molecule has 0 radical (unpaired) electrons. The first kappa shape index (κ1) is 25.1. The van der Waals surface area contributed by atoms with E-state index in [1.807, 2.05) is 12.1 Å². The van der Waals surface area contributed by atoms with Gasteiger partial charge in [-0.1, -0.05) is 31.2 Å². The molecule has 2 fully saturated rings. The van der Waals surface area contributed by atoms with Crippen LogP contribution in [-0.4, -0.2) is 54.7 Å². The van der Waals surface area contributed by atoms with Crippen LogP contribution in [0.2, 0.25) is 0 Å². The van der Waals surface area contributed by atoms with Crippen LogP contribution >= 0.6 is 0 Å². The molecule has 0 spiro atoms. The van der Waals surface area contributed by atoms with Crippen molar-refractivity contribution < 1.29 is 13.4 Å². The van der Waals surface area contributed by atoms with Gasteiger partial charge < -0.3 is 9.88 Å². The number of carbonyl (C=O) groups is 1. The third-order valence-corrected chi connectivity index (χ3v) is 9.10. The van der Waals surface area contributed by atoms with Crippen molar-refractivity contribution in [1.82, 2.24) is 19.8 Å². The molecule has 2 unspecified atom stereocenters. The van der Waals surface area contributed by atoms with E-state index >= 15 is 0 Å². The summed E-state index contributed by atoms with van der Waals surface area (Å²) in [4.78, 5) is 20.0. The predicted molar refractivity (Wildman–Crippen MR) is 142 cm³/mol. The van der Waals surface area contributed by atoms with Gasteiger partial charge in [0.15, 0.2) is 0 Å². The fourth-order valence-corrected chi connectivity index (χ4v) is 6.84. The van der Waals surface area contributed by atoms with Crippen LogP contribution < -0.4 is 5.32 Å². The molecule has 8 heteroatoms. The Morgan fingerprint density at radius 2 is 1.89 bits per heavy atom. The van der Waals surface area contributed by atoms with Gasteiger partial charge in [0.1, 0.15) is 17.4 Å². The maximum Gasteiger partial charge on any atom is 0.233 e. The number of halogens is 1. The lowest BCUT2D eigenvalue weighted by molar-refractivity contribution is -0.119. The SMILES string of the molecule is CCS(=O)CC(=O)N[C@@H](CCN1[C@@H]2CC[C@H]1CC(n1c(C)nc3ccccc31)C2)c1cccc(F)c1. The zero-order valence-corrected chi connectivity index (χ0v) is 21.8. The Bertz CT molecular complexity index is 1250. The number of piperidine rings is 1. The number of nitrogens with zero attached hydrogens (tertiary/aromatic N) is 3. The predicted octanol–water partition coefficient (Wildman–Crippen LogP) is 4.67. The van der Waals surface area contributed by atoms with E-state index in [0.29, 0.717) is 30.3 Å². The second-order valence-corrected chi connectivity index (χ2v) is 11.8. The number of amides is 1. The van der Waals surface area contributed by atoms with E-state index in [2.05, 4.69) is 39.9 Å². The van der Waals surface area contributed by atoms with E-state index in [9.17, 15) is 13.4 Å². The van der Waals surface area contributed by atoms with Crippen LogP contribution in [0.3, 0.4) is 0 Å². The molecule has 1 amide bonds. The van der Waals surface area contributed by atoms with Crippen LogP contribution in [0.4, 0.5) is 4.39 Å². The molecule has 0 saturated carbocycles. The summed E-state index contributed by atoms with van der Waals surface area (Å²) < 4.78 is 28.3. The maximum atomic E-state index is 14.0. The molecule has 2 aliphatic heterocycles. The lowest BCUT2D eigenvalue weighted by Crippen LogP contribution is -2.45. The van der Waals surface area contributed by atoms with E-state index in [1.54, 1.807) is 13.0 Å². The number of fused-ring (bicyclic) bond motifs is 3. The van der Waals surface area contributed by atoms with Gasteiger partial charge in [-0.15, -0.1) is 0 Å². The molecular weight excluding hydrogens is 475 g/mol. The third kappa shape index (κ3) is 5.25. The Labute approximate surface area is 214 Å². The molecule has 192 valence electrons. The highest BCUT2D eigenvalue weighted by molar-refractivity contribution is 7.85. The molecule has 36 heavy (non-hydrogen) atoms. The van der Waals surface area contributed by atoms with Gasteiger partial charge >= 0.3 is 0 Å². The normalized spacial score (nSPS) is 23.6. The highest BCUT2D eigenvalue weighted by Crippen LogP contribution is 2.42. The quantitative estimate of drug-likeness (QED) is 0.454. The van der Waals surface area contributed by atoms with Gasteiger partial charge in [-0.25, -0.2) is 9.37 Å². The topological polar surface area (TPSA) is 67.2 Å². The standard InChI is InChI=1S/C28H35FN4O2S/c1-3-36(35)18-28(34)31-25(20-7-6-8-21(29)15-20)13-14-32-22-11-12-23(32)17-24(16-22)33-19(2)30-26-9-4-5-10-27(26)33/h4-10,15,22-25H,3,11-14,16-18H2,1-2H3,(H,31,34)/t22-,23+,24?,25-,36?/m0/s1. The zero-order chi connectivity index (χ0) is 25.2. The first-order chi connectivity index (χ1) is 17.4. The average molecular weight is 511 g/mol. The van der Waals surface area contributed by atoms with Crippen molar-refractivity contribution in [2.75, 3.05) is 18.1 Å². The van der Waals surface area contributed by atoms with Gasteiger partial charge in [-0.2, -0.15) is 0 Å². The summed E-state index contributed by atoms with van der Waals surface area (Å²) in [5.41, 5.74) is 3.03. The molecule has 1 aromatic heterocycles. The van der Waals surface area contributed by atoms with Crippen molar-refractivity contribution in [2.24, 2.45) is 0 Å². The van der Waals surface area contributed by atoms with Crippen molar-refractivity contribution in [3.8, 4) is 0 Å². The van der Waals surface area contributed by atoms with Gasteiger partial charge in [-0.3, -0.25) is 13.9 Å². The zero-order valence-electron chi connectivity index (χ0n) is 21.0. The van der Waals surface area contributed by atoms with Gasteiger partial charge in [0.25, 0.3) is 0 Å². The summed E-state index contributed by atoms with van der Waals surface area (Å²) in [7, 11) is -1.18. The summed E-state index contributed by atoms with van der Waals surface area (Å²) in [6.07, 6.45) is 5.23. The Morgan fingerprint density at radius 1 is 1.14 bits per heavy atom. The first-order valence-corrected chi connectivity index (χ1v) is 14.5. The van der Waals surface area contributed by atoms with Crippen LogP contribution in [-0.2, 0) is 15.6 Å². The largest absolute Gasteiger partial charge is 0.348 e. The van der Waals surface area contributed by atoms with Crippen molar-refractivity contribution in [1.29, 1.82) is 0 Å². The number of aryl methyl sites for hydroxylation is 1. The van der Waals surface area contributed by atoms with Crippen LogP contribution in [0, 0.1) is 12.7 Å². The minimum absolute atomic E-state index is 0.0167. The van der Waals surface area contributed by atoms with Crippen molar-refractivity contribution in [2.45, 2.75) is 70.1 Å². The smallest absolute Gasteiger partial charge is 0.233 e. The molecule has 2 aromatic carbocycles. The molecule has 3 aromatic rings. The Balaban J connectivity index is 1.29. The molecule has 2 bridgehead atoms. The van der Waals surface area contributed by atoms with E-state index in [0.717, 1.165) is 36.3 Å². The fraction of sp³-hybridized carbons (Fsp3) is 0.500. The monoisotopic (exact) mass is 510 g/mol. The number of nitrogens with one attached hydrogen (secondary N) is 1. The van der Waals surface area contributed by atoms with E-state index in [-0.39, 0.29) is 23.5 Å². The van der Waals surface area contributed by atoms with Crippen LogP contribution in [0.25, 0.3) is 11.0 Å². The van der Waals surface area contributed by atoms with Gasteiger partial charge in [0.2, 0.25) is 5.91 Å². The molecule has 3 heterocycles. The second-order valence-electron chi connectivity index (χ2n) is 10.1. The van der Waals surface area contributed by atoms with Gasteiger partial charge in [0.05, 0.1) is 17.1 Å². The second kappa shape index (κ2) is 10.8. The summed E-state index contributed by atoms with van der Waals surface area (Å²) in [6.45, 7) is 4.75. The minimum atomic E-state index is -1.18. The van der Waals surface area contributed by atoms with Crippen molar-refractivity contribution in [3.05, 3.63) is 65.7 Å². The van der Waals surface area contributed by atoms with Crippen LogP contribution in [0.5, 0.6) is 0 Å². The molecule has 5 atom stereocenters. The maximum absolute atomic E-state index is 14.0. The van der Waals surface area contributed by atoms with Crippen molar-refractivity contribution in [3.63, 3.8) is 0 Å². The number of benzene rings is 2. The number of rotatable bonds is 9. The first-order valence-electron chi connectivity index (χ1n) is 13.0. The molecule has 5 rings (SSSR count). The Kier molecular flexibility index (Phi) is 7.53. The molecule has 6 nitrogen and oxygen atoms in total. The minimum Gasteiger partial charge on any atom is -0.348 e. The van der Waals surface area contributed by atoms with Crippen LogP contribution in [0.1, 0.15) is 62.5 Å². The lowest BCUT2D eigenvalue weighted by atomic mass is 9.95. The van der Waals surface area contributed by atoms with Gasteiger partial charge in [-0.05, 0) is 68.9 Å². The highest BCUT2D eigenvalue weighted by Gasteiger charge is 2.41.